The Balaban J connectivity index is 3.26. The minimum Gasteiger partial charge on any atom is -0.366 e. The van der Waals surface area contributed by atoms with Gasteiger partial charge in [0.15, 0.2) is 17.5 Å². The molecule has 0 saturated carbocycles. The molecule has 0 atom stereocenters. The maximum absolute atomic E-state index is 13.2. The summed E-state index contributed by atoms with van der Waals surface area (Å²) in [7, 11) is 0. The zero-order valence-electron chi connectivity index (χ0n) is 7.23. The molecular weight excluding hydrogens is 231 g/mol. The van der Waals surface area contributed by atoms with Crippen LogP contribution in [0.15, 0.2) is 12.1 Å². The fraction of sp³-hybridized carbons (Fsp3) is 0. The lowest BCUT2D eigenvalue weighted by molar-refractivity contribution is -0.113. The van der Waals surface area contributed by atoms with Gasteiger partial charge in [0.2, 0.25) is 5.91 Å². The zero-order valence-corrected chi connectivity index (χ0v) is 7.99. The van der Waals surface area contributed by atoms with Crippen LogP contribution in [0.4, 0.5) is 13.2 Å². The Bertz CT molecular complexity index is 445. The standard InChI is InChI=1S/C9H5ClF3NO/c10-7-8(12)4(1-2-6(14)15)3-5(11)9(7)13/h1-3H,(H2,14,15)/b2-1-. The highest BCUT2D eigenvalue weighted by atomic mass is 35.5. The normalized spacial score (nSPS) is 10.9. The number of halogens is 4. The van der Waals surface area contributed by atoms with E-state index in [1.165, 1.54) is 0 Å². The summed E-state index contributed by atoms with van der Waals surface area (Å²) in [6.45, 7) is 0. The van der Waals surface area contributed by atoms with Gasteiger partial charge in [0, 0.05) is 11.6 Å². The SMILES string of the molecule is NC(=O)/C=C\c1cc(F)c(F)c(Cl)c1F. The van der Waals surface area contributed by atoms with Gasteiger partial charge in [0.05, 0.1) is 0 Å². The molecule has 0 radical (unpaired) electrons. The highest BCUT2D eigenvalue weighted by Gasteiger charge is 2.15. The lowest BCUT2D eigenvalue weighted by atomic mass is 10.2. The number of nitrogens with two attached hydrogens (primary N) is 1. The van der Waals surface area contributed by atoms with Gasteiger partial charge in [-0.15, -0.1) is 0 Å². The van der Waals surface area contributed by atoms with Crippen molar-refractivity contribution in [2.24, 2.45) is 5.73 Å². The Hall–Kier alpha value is -1.49. The number of carbonyl (C=O) groups is 1. The van der Waals surface area contributed by atoms with Gasteiger partial charge in [-0.25, -0.2) is 13.2 Å². The summed E-state index contributed by atoms with van der Waals surface area (Å²) >= 11 is 5.16. The van der Waals surface area contributed by atoms with Crippen LogP contribution in [0.2, 0.25) is 5.02 Å². The molecule has 1 rings (SSSR count). The molecular formula is C9H5ClF3NO. The van der Waals surface area contributed by atoms with E-state index in [1.54, 1.807) is 0 Å². The smallest absolute Gasteiger partial charge is 0.241 e. The number of hydrogen-bond donors (Lipinski definition) is 1. The molecule has 0 aliphatic heterocycles. The maximum Gasteiger partial charge on any atom is 0.241 e. The van der Waals surface area contributed by atoms with Crippen molar-refractivity contribution >= 4 is 23.6 Å². The van der Waals surface area contributed by atoms with E-state index < -0.39 is 28.4 Å². The molecule has 0 unspecified atom stereocenters. The maximum atomic E-state index is 13.2. The molecule has 6 heteroatoms. The van der Waals surface area contributed by atoms with Gasteiger partial charge in [-0.2, -0.15) is 0 Å². The van der Waals surface area contributed by atoms with Crippen LogP contribution in [-0.2, 0) is 4.79 Å². The van der Waals surface area contributed by atoms with Crippen LogP contribution in [0.1, 0.15) is 5.56 Å². The largest absolute Gasteiger partial charge is 0.366 e. The molecule has 0 spiro atoms. The molecule has 1 amide bonds. The molecule has 1 aromatic rings. The van der Waals surface area contributed by atoms with Crippen LogP contribution in [-0.4, -0.2) is 5.91 Å². The number of benzene rings is 1. The van der Waals surface area contributed by atoms with Crippen LogP contribution in [0.3, 0.4) is 0 Å². The number of primary amides is 1. The lowest BCUT2D eigenvalue weighted by Gasteiger charge is -2.01. The fourth-order valence-electron chi connectivity index (χ4n) is 0.884. The molecule has 0 heterocycles. The molecule has 0 aromatic heterocycles. The van der Waals surface area contributed by atoms with Gasteiger partial charge in [0.25, 0.3) is 0 Å². The first-order valence-corrected chi connectivity index (χ1v) is 4.11. The number of amides is 1. The van der Waals surface area contributed by atoms with E-state index in [0.29, 0.717) is 6.07 Å². The first-order chi connectivity index (χ1) is 6.93. The fourth-order valence-corrected chi connectivity index (χ4v) is 1.08. The van der Waals surface area contributed by atoms with E-state index >= 15 is 0 Å². The highest BCUT2D eigenvalue weighted by molar-refractivity contribution is 6.31. The van der Waals surface area contributed by atoms with E-state index in [0.717, 1.165) is 12.2 Å². The molecule has 15 heavy (non-hydrogen) atoms. The van der Waals surface area contributed by atoms with E-state index in [4.69, 9.17) is 17.3 Å². The summed E-state index contributed by atoms with van der Waals surface area (Å²) in [6.07, 6.45) is 1.72. The van der Waals surface area contributed by atoms with E-state index in [-0.39, 0.29) is 5.56 Å². The van der Waals surface area contributed by atoms with Gasteiger partial charge in [-0.05, 0) is 12.1 Å². The van der Waals surface area contributed by atoms with Crippen LogP contribution >= 0.6 is 11.6 Å². The minimum absolute atomic E-state index is 0.349. The van der Waals surface area contributed by atoms with Crippen molar-refractivity contribution in [3.8, 4) is 0 Å². The predicted octanol–water partition coefficient (Wildman–Crippen LogP) is 2.26. The third kappa shape index (κ3) is 2.50. The summed E-state index contributed by atoms with van der Waals surface area (Å²) in [6, 6.07) is 0.579. The van der Waals surface area contributed by atoms with Crippen molar-refractivity contribution < 1.29 is 18.0 Å². The number of hydrogen-bond acceptors (Lipinski definition) is 1. The third-order valence-corrected chi connectivity index (χ3v) is 1.89. The molecule has 0 saturated heterocycles. The third-order valence-electron chi connectivity index (χ3n) is 1.56. The average Bonchev–Trinajstić information content (AvgIpc) is 2.18. The molecule has 80 valence electrons. The Morgan fingerprint density at radius 1 is 1.33 bits per heavy atom. The molecule has 0 aliphatic rings. The van der Waals surface area contributed by atoms with Gasteiger partial charge in [-0.3, -0.25) is 4.79 Å². The van der Waals surface area contributed by atoms with Crippen molar-refractivity contribution in [3.05, 3.63) is 40.2 Å². The summed E-state index contributed by atoms with van der Waals surface area (Å²) < 4.78 is 38.6. The Morgan fingerprint density at radius 2 is 1.93 bits per heavy atom. The van der Waals surface area contributed by atoms with E-state index in [2.05, 4.69) is 0 Å². The van der Waals surface area contributed by atoms with Gasteiger partial charge < -0.3 is 5.73 Å². The Labute approximate surface area is 88.1 Å². The number of rotatable bonds is 2. The number of carbonyl (C=O) groups excluding carboxylic acids is 1. The van der Waals surface area contributed by atoms with Crippen LogP contribution in [0.25, 0.3) is 6.08 Å². The zero-order chi connectivity index (χ0) is 11.6. The van der Waals surface area contributed by atoms with Crippen molar-refractivity contribution in [3.63, 3.8) is 0 Å². The predicted molar refractivity (Wildman–Crippen MR) is 49.6 cm³/mol. The van der Waals surface area contributed by atoms with E-state index in [1.807, 2.05) is 0 Å². The lowest BCUT2D eigenvalue weighted by Crippen LogP contribution is -2.05. The molecule has 0 bridgehead atoms. The molecule has 1 aromatic carbocycles. The quantitative estimate of drug-likeness (QED) is 0.477. The Morgan fingerprint density at radius 3 is 2.47 bits per heavy atom. The van der Waals surface area contributed by atoms with Gasteiger partial charge >= 0.3 is 0 Å². The van der Waals surface area contributed by atoms with E-state index in [9.17, 15) is 18.0 Å². The second-order valence-electron chi connectivity index (χ2n) is 2.63. The molecule has 2 N–H and O–H groups in total. The van der Waals surface area contributed by atoms with Gasteiger partial charge in [-0.1, -0.05) is 11.6 Å². The van der Waals surface area contributed by atoms with Crippen molar-refractivity contribution in [1.82, 2.24) is 0 Å². The first-order valence-electron chi connectivity index (χ1n) is 3.74. The van der Waals surface area contributed by atoms with Crippen molar-refractivity contribution in [1.29, 1.82) is 0 Å². The van der Waals surface area contributed by atoms with Crippen molar-refractivity contribution in [2.75, 3.05) is 0 Å². The molecule has 0 fully saturated rings. The molecule has 0 aliphatic carbocycles. The summed E-state index contributed by atoms with van der Waals surface area (Å²) in [5.74, 6) is -4.75. The second-order valence-corrected chi connectivity index (χ2v) is 3.00. The average molecular weight is 236 g/mol. The summed E-state index contributed by atoms with van der Waals surface area (Å²) in [5.41, 5.74) is 4.40. The topological polar surface area (TPSA) is 43.1 Å². The monoisotopic (exact) mass is 235 g/mol. The first kappa shape index (κ1) is 11.6. The second kappa shape index (κ2) is 4.35. The highest BCUT2D eigenvalue weighted by Crippen LogP contribution is 2.25. The van der Waals surface area contributed by atoms with Gasteiger partial charge in [0.1, 0.15) is 5.02 Å². The summed E-state index contributed by atoms with van der Waals surface area (Å²) in [5, 5.41) is -0.959. The molecule has 2 nitrogen and oxygen atoms in total. The Kier molecular flexibility index (Phi) is 3.36. The van der Waals surface area contributed by atoms with Crippen LogP contribution < -0.4 is 5.73 Å². The summed E-state index contributed by atoms with van der Waals surface area (Å²) in [4.78, 5) is 10.3. The van der Waals surface area contributed by atoms with Crippen molar-refractivity contribution in [2.45, 2.75) is 0 Å². The minimum atomic E-state index is -1.47. The van der Waals surface area contributed by atoms with Crippen LogP contribution in [0.5, 0.6) is 0 Å². The van der Waals surface area contributed by atoms with Crippen LogP contribution in [0, 0.1) is 17.5 Å².